The largest absolute Gasteiger partial charge is 0.496 e. The zero-order valence-electron chi connectivity index (χ0n) is 27.2. The lowest BCUT2D eigenvalue weighted by atomic mass is 9.78. The molecule has 7 nitrogen and oxygen atoms in total. The molecule has 0 spiro atoms. The van der Waals surface area contributed by atoms with E-state index in [2.05, 4.69) is 80.3 Å². The first kappa shape index (κ1) is 30.7. The summed E-state index contributed by atoms with van der Waals surface area (Å²) < 4.78 is 7.92. The summed E-state index contributed by atoms with van der Waals surface area (Å²) in [5.41, 5.74) is 4.73. The van der Waals surface area contributed by atoms with Crippen molar-refractivity contribution >= 4 is 28.5 Å². The van der Waals surface area contributed by atoms with Gasteiger partial charge in [0.15, 0.2) is 5.78 Å². The summed E-state index contributed by atoms with van der Waals surface area (Å²) in [6, 6.07) is 21.5. The van der Waals surface area contributed by atoms with Crippen LogP contribution in [0, 0.1) is 0 Å². The van der Waals surface area contributed by atoms with Crippen molar-refractivity contribution in [2.24, 2.45) is 4.99 Å². The van der Waals surface area contributed by atoms with E-state index < -0.39 is 5.54 Å². The quantitative estimate of drug-likeness (QED) is 0.191. The zero-order chi connectivity index (χ0) is 31.3. The van der Waals surface area contributed by atoms with Gasteiger partial charge in [0.2, 0.25) is 0 Å². The number of H-pyrrole nitrogens is 1. The molecule has 0 saturated carbocycles. The third-order valence-corrected chi connectivity index (χ3v) is 10.6. The van der Waals surface area contributed by atoms with Crippen LogP contribution in [0.1, 0.15) is 61.8 Å². The van der Waals surface area contributed by atoms with Crippen molar-refractivity contribution in [3.8, 4) is 5.75 Å². The SMILES string of the molecule is COc1ccccc1Cn1cccc1CCCC1(C(=O)CN2CCC(N3CCCCC3)CC2)N=CC=C1c1c[nH]c2ccccc12. The number of carbonyl (C=O) groups excluding carboxylic acids is 1. The molecule has 0 aliphatic carbocycles. The van der Waals surface area contributed by atoms with Gasteiger partial charge in [0.25, 0.3) is 0 Å². The maximum atomic E-state index is 14.6. The van der Waals surface area contributed by atoms with Crippen LogP contribution < -0.4 is 4.74 Å². The van der Waals surface area contributed by atoms with Crippen molar-refractivity contribution in [1.82, 2.24) is 19.4 Å². The lowest BCUT2D eigenvalue weighted by Crippen LogP contribution is -2.50. The highest BCUT2D eigenvalue weighted by atomic mass is 16.5. The highest BCUT2D eigenvalue weighted by molar-refractivity contribution is 6.13. The third kappa shape index (κ3) is 6.23. The predicted molar refractivity (Wildman–Crippen MR) is 187 cm³/mol. The van der Waals surface area contributed by atoms with Gasteiger partial charge in [-0.1, -0.05) is 42.8 Å². The number of allylic oxidation sites excluding steroid dienone is 1. The van der Waals surface area contributed by atoms with E-state index in [0.717, 1.165) is 78.7 Å². The Hall–Kier alpha value is -3.94. The number of benzene rings is 2. The van der Waals surface area contributed by atoms with Crippen LogP contribution in [-0.4, -0.2) is 82.8 Å². The van der Waals surface area contributed by atoms with E-state index in [1.54, 1.807) is 7.11 Å². The minimum atomic E-state index is -0.880. The molecule has 0 amide bonds. The minimum Gasteiger partial charge on any atom is -0.496 e. The number of hydrogen-bond donors (Lipinski definition) is 1. The van der Waals surface area contributed by atoms with Crippen molar-refractivity contribution in [3.63, 3.8) is 0 Å². The molecule has 7 rings (SSSR count). The molecule has 2 aromatic heterocycles. The van der Waals surface area contributed by atoms with Gasteiger partial charge in [-0.2, -0.15) is 0 Å². The van der Waals surface area contributed by atoms with Crippen LogP contribution >= 0.6 is 0 Å². The summed E-state index contributed by atoms with van der Waals surface area (Å²) in [5.74, 6) is 1.12. The smallest absolute Gasteiger partial charge is 0.178 e. The molecule has 4 aromatic rings. The Balaban J connectivity index is 1.09. The van der Waals surface area contributed by atoms with E-state index in [-0.39, 0.29) is 5.78 Å². The average Bonchev–Trinajstić information content (AvgIpc) is 3.85. The highest BCUT2D eigenvalue weighted by Gasteiger charge is 2.44. The average molecular weight is 618 g/mol. The highest BCUT2D eigenvalue weighted by Crippen LogP contribution is 2.42. The Morgan fingerprint density at radius 2 is 1.78 bits per heavy atom. The Kier molecular flexibility index (Phi) is 9.22. The lowest BCUT2D eigenvalue weighted by Gasteiger charge is -2.40. The Morgan fingerprint density at radius 3 is 2.63 bits per heavy atom. The molecule has 2 aromatic carbocycles. The number of fused-ring (bicyclic) bond motifs is 1. The van der Waals surface area contributed by atoms with E-state index in [0.29, 0.717) is 19.0 Å². The molecule has 46 heavy (non-hydrogen) atoms. The Bertz CT molecular complexity index is 1700. The summed E-state index contributed by atoms with van der Waals surface area (Å²) >= 11 is 0. The van der Waals surface area contributed by atoms with Crippen LogP contribution in [0.4, 0.5) is 0 Å². The molecule has 240 valence electrons. The molecule has 7 heteroatoms. The number of piperidine rings is 2. The minimum absolute atomic E-state index is 0.221. The van der Waals surface area contributed by atoms with Crippen molar-refractivity contribution in [2.45, 2.75) is 69.5 Å². The summed E-state index contributed by atoms with van der Waals surface area (Å²) in [7, 11) is 1.73. The maximum absolute atomic E-state index is 14.6. The molecule has 1 N–H and O–H groups in total. The molecular weight excluding hydrogens is 570 g/mol. The second kappa shape index (κ2) is 13.8. The number of nitrogens with zero attached hydrogens (tertiary/aromatic N) is 4. The van der Waals surface area contributed by atoms with Crippen LogP contribution in [-0.2, 0) is 17.8 Å². The van der Waals surface area contributed by atoms with Crippen molar-refractivity contribution in [2.75, 3.05) is 39.8 Å². The Labute approximate surface area is 273 Å². The fraction of sp³-hybridized carbons (Fsp3) is 0.436. The molecule has 1 unspecified atom stereocenters. The number of methoxy groups -OCH3 is 1. The van der Waals surface area contributed by atoms with E-state index >= 15 is 0 Å². The molecule has 0 bridgehead atoms. The molecule has 2 fully saturated rings. The zero-order valence-corrected chi connectivity index (χ0v) is 27.2. The van der Waals surface area contributed by atoms with Gasteiger partial charge in [-0.3, -0.25) is 14.7 Å². The van der Waals surface area contributed by atoms with Gasteiger partial charge in [0, 0.05) is 65.5 Å². The molecule has 3 aliphatic heterocycles. The van der Waals surface area contributed by atoms with Crippen LogP contribution in [0.25, 0.3) is 16.5 Å². The van der Waals surface area contributed by atoms with E-state index in [1.807, 2.05) is 24.4 Å². The maximum Gasteiger partial charge on any atom is 0.178 e. The summed E-state index contributed by atoms with van der Waals surface area (Å²) in [4.78, 5) is 28.2. The predicted octanol–water partition coefficient (Wildman–Crippen LogP) is 6.78. The number of Topliss-reactive ketones (excluding diaryl/α,β-unsaturated/α-hetero) is 1. The first-order chi connectivity index (χ1) is 22.6. The summed E-state index contributed by atoms with van der Waals surface area (Å²) in [6.07, 6.45) is 16.9. The monoisotopic (exact) mass is 617 g/mol. The number of likely N-dealkylation sites (tertiary alicyclic amines) is 2. The fourth-order valence-electron chi connectivity index (χ4n) is 8.05. The normalized spacial score (nSPS) is 21.2. The third-order valence-electron chi connectivity index (χ3n) is 10.6. The number of ketones is 1. The standard InChI is InChI=1S/C39H47N5O2/c1-46-37-16-6-3-11-30(37)28-44-24-10-13-31(44)12-9-20-39(35(17-21-41-39)34-27-40-36-15-5-4-14-33(34)36)38(45)29-42-25-18-32(19-26-42)43-22-7-2-8-23-43/h3-6,10-11,13-17,21,24,27,32,40H,2,7-9,12,18-20,22-23,25-26,28-29H2,1H3. The number of rotatable bonds is 12. The molecule has 0 radical (unpaired) electrons. The van der Waals surface area contributed by atoms with Crippen molar-refractivity contribution < 1.29 is 9.53 Å². The second-order valence-electron chi connectivity index (χ2n) is 13.3. The number of ether oxygens (including phenoxy) is 1. The van der Waals surface area contributed by atoms with E-state index in [9.17, 15) is 4.79 Å². The topological polar surface area (TPSA) is 65.9 Å². The number of aromatic amines is 1. The molecule has 3 aliphatic rings. The molecule has 2 saturated heterocycles. The van der Waals surface area contributed by atoms with Crippen LogP contribution in [0.15, 0.2) is 84.1 Å². The molecule has 5 heterocycles. The van der Waals surface area contributed by atoms with Crippen molar-refractivity contribution in [3.05, 3.63) is 96.0 Å². The lowest BCUT2D eigenvalue weighted by molar-refractivity contribution is -0.124. The summed E-state index contributed by atoms with van der Waals surface area (Å²) in [5, 5.41) is 1.14. The number of carbonyl (C=O) groups is 1. The van der Waals surface area contributed by atoms with Gasteiger partial charge >= 0.3 is 0 Å². The van der Waals surface area contributed by atoms with Gasteiger partial charge < -0.3 is 19.2 Å². The fourth-order valence-corrected chi connectivity index (χ4v) is 8.05. The summed E-state index contributed by atoms with van der Waals surface area (Å²) in [6.45, 7) is 5.64. The second-order valence-corrected chi connectivity index (χ2v) is 13.3. The first-order valence-electron chi connectivity index (χ1n) is 17.2. The number of nitrogens with one attached hydrogen (secondary N) is 1. The number of aliphatic imine (C=N–C) groups is 1. The van der Waals surface area contributed by atoms with Crippen molar-refractivity contribution in [1.29, 1.82) is 0 Å². The van der Waals surface area contributed by atoms with Crippen LogP contribution in [0.2, 0.25) is 0 Å². The first-order valence-corrected chi connectivity index (χ1v) is 17.2. The number of aryl methyl sites for hydroxylation is 1. The van der Waals surface area contributed by atoms with Gasteiger partial charge in [-0.05, 0) is 93.9 Å². The van der Waals surface area contributed by atoms with E-state index in [1.165, 1.54) is 38.0 Å². The molecular formula is C39H47N5O2. The van der Waals surface area contributed by atoms with Gasteiger partial charge in [-0.15, -0.1) is 0 Å². The van der Waals surface area contributed by atoms with Gasteiger partial charge in [0.1, 0.15) is 11.3 Å². The number of para-hydroxylation sites is 2. The molecule has 1 atom stereocenters. The number of aromatic nitrogens is 2. The number of hydrogen-bond acceptors (Lipinski definition) is 5. The van der Waals surface area contributed by atoms with Gasteiger partial charge in [0.05, 0.1) is 20.2 Å². The van der Waals surface area contributed by atoms with E-state index in [4.69, 9.17) is 9.73 Å². The van der Waals surface area contributed by atoms with Crippen LogP contribution in [0.5, 0.6) is 5.75 Å². The Morgan fingerprint density at radius 1 is 0.978 bits per heavy atom. The van der Waals surface area contributed by atoms with Crippen LogP contribution in [0.3, 0.4) is 0 Å². The van der Waals surface area contributed by atoms with Gasteiger partial charge in [-0.25, -0.2) is 0 Å².